The van der Waals surface area contributed by atoms with Crippen LogP contribution in [0, 0.1) is 35.3 Å². The fourth-order valence-electron chi connectivity index (χ4n) is 7.01. The van der Waals surface area contributed by atoms with Crippen LogP contribution in [0.3, 0.4) is 0 Å². The zero-order valence-electron chi connectivity index (χ0n) is 21.7. The van der Waals surface area contributed by atoms with Crippen molar-refractivity contribution in [2.75, 3.05) is 0 Å². The van der Waals surface area contributed by atoms with Crippen molar-refractivity contribution in [3.8, 4) is 0 Å². The van der Waals surface area contributed by atoms with E-state index in [2.05, 4.69) is 19.9 Å². The second-order valence-corrected chi connectivity index (χ2v) is 11.6. The molecule has 2 heteroatoms. The Hall–Kier alpha value is -1.44. The van der Waals surface area contributed by atoms with Gasteiger partial charge >= 0.3 is 0 Å². The molecule has 34 heavy (non-hydrogen) atoms. The molecule has 0 heterocycles. The zero-order chi connectivity index (χ0) is 23.9. The van der Waals surface area contributed by atoms with Gasteiger partial charge in [-0.1, -0.05) is 77.3 Å². The van der Waals surface area contributed by atoms with Gasteiger partial charge in [0.05, 0.1) is 0 Å². The smallest absolute Gasteiger partial charge is 0.166 e. The number of hydrogen-bond donors (Lipinski definition) is 0. The van der Waals surface area contributed by atoms with Crippen molar-refractivity contribution in [2.45, 2.75) is 117 Å². The molecule has 2 aliphatic rings. The number of halogens is 2. The van der Waals surface area contributed by atoms with Gasteiger partial charge in [0.1, 0.15) is 0 Å². The second-order valence-electron chi connectivity index (χ2n) is 11.6. The molecule has 0 bridgehead atoms. The molecule has 0 N–H and O–H groups in total. The van der Waals surface area contributed by atoms with E-state index in [0.29, 0.717) is 17.4 Å². The maximum Gasteiger partial charge on any atom is 0.166 e. The van der Waals surface area contributed by atoms with E-state index in [1.807, 2.05) is 18.2 Å². The number of unbranched alkanes of at least 4 members (excludes halogenated alkanes) is 2. The van der Waals surface area contributed by atoms with E-state index in [0.717, 1.165) is 60.3 Å². The molecule has 0 nitrogen and oxygen atoms in total. The molecule has 0 saturated heterocycles. The van der Waals surface area contributed by atoms with Gasteiger partial charge in [-0.2, -0.15) is 0 Å². The fourth-order valence-corrected chi connectivity index (χ4v) is 7.01. The molecule has 0 spiro atoms. The summed E-state index contributed by atoms with van der Waals surface area (Å²) >= 11 is 0. The number of hydrogen-bond acceptors (Lipinski definition) is 0. The Morgan fingerprint density at radius 3 is 1.94 bits per heavy atom. The molecule has 0 radical (unpaired) electrons. The van der Waals surface area contributed by atoms with Crippen LogP contribution in [0.15, 0.2) is 24.3 Å². The third kappa shape index (κ3) is 6.41. The molecule has 0 aromatic heterocycles. The second kappa shape index (κ2) is 12.5. The Morgan fingerprint density at radius 2 is 1.32 bits per heavy atom. The van der Waals surface area contributed by atoms with Gasteiger partial charge in [-0.25, -0.2) is 8.78 Å². The van der Waals surface area contributed by atoms with Gasteiger partial charge in [0.25, 0.3) is 0 Å². The minimum absolute atomic E-state index is 0.455. The van der Waals surface area contributed by atoms with Gasteiger partial charge < -0.3 is 0 Å². The molecule has 0 unspecified atom stereocenters. The number of rotatable bonds is 10. The van der Waals surface area contributed by atoms with Crippen LogP contribution in [0.1, 0.15) is 115 Å². The Balaban J connectivity index is 1.28. The van der Waals surface area contributed by atoms with Gasteiger partial charge in [-0.05, 0) is 104 Å². The highest BCUT2D eigenvalue weighted by molar-refractivity contribution is 5.84. The topological polar surface area (TPSA) is 0 Å². The molecule has 188 valence electrons. The SMILES string of the molecule is CCCCCc1cc2ccc(CCC3CCC(C4CCC(CCC)CC4)CC3)cc2c(F)c1F. The first-order chi connectivity index (χ1) is 16.6. The van der Waals surface area contributed by atoms with Crippen LogP contribution >= 0.6 is 0 Å². The predicted molar refractivity (Wildman–Crippen MR) is 141 cm³/mol. The summed E-state index contributed by atoms with van der Waals surface area (Å²) in [6.07, 6.45) is 20.0. The molecule has 4 rings (SSSR count). The van der Waals surface area contributed by atoms with Crippen LogP contribution < -0.4 is 0 Å². The fraction of sp³-hybridized carbons (Fsp3) is 0.688. The van der Waals surface area contributed by atoms with E-state index < -0.39 is 11.6 Å². The summed E-state index contributed by atoms with van der Waals surface area (Å²) < 4.78 is 29.5. The minimum atomic E-state index is -0.653. The van der Waals surface area contributed by atoms with Crippen molar-refractivity contribution >= 4 is 10.8 Å². The maximum atomic E-state index is 14.9. The Labute approximate surface area is 206 Å². The van der Waals surface area contributed by atoms with E-state index in [9.17, 15) is 8.78 Å². The van der Waals surface area contributed by atoms with Gasteiger partial charge in [-0.15, -0.1) is 0 Å². The molecule has 0 aliphatic heterocycles. The standard InChI is InChI=1S/C32H46F2/c1-3-5-6-8-29-22-28-20-15-25(21-30(28)32(34)31(29)33)10-9-24-13-18-27(19-14-24)26-16-11-23(7-4-2)12-17-26/h15,20-24,26-27H,3-14,16-19H2,1-2H3. The molecule has 2 aromatic rings. The van der Waals surface area contributed by atoms with Crippen LogP contribution in [0.25, 0.3) is 10.8 Å². The average molecular weight is 469 g/mol. The van der Waals surface area contributed by atoms with Crippen molar-refractivity contribution in [1.82, 2.24) is 0 Å². The molecule has 0 amide bonds. The maximum absolute atomic E-state index is 14.9. The summed E-state index contributed by atoms with van der Waals surface area (Å²) in [6.45, 7) is 4.45. The van der Waals surface area contributed by atoms with Crippen molar-refractivity contribution in [2.24, 2.45) is 23.7 Å². The quantitative estimate of drug-likeness (QED) is 0.304. The molecule has 0 atom stereocenters. The number of aryl methyl sites for hydroxylation is 2. The van der Waals surface area contributed by atoms with Crippen molar-refractivity contribution in [3.63, 3.8) is 0 Å². The lowest BCUT2D eigenvalue weighted by Crippen LogP contribution is -2.26. The van der Waals surface area contributed by atoms with Gasteiger partial charge in [-0.3, -0.25) is 0 Å². The lowest BCUT2D eigenvalue weighted by molar-refractivity contribution is 0.141. The number of fused-ring (bicyclic) bond motifs is 1. The summed E-state index contributed by atoms with van der Waals surface area (Å²) in [5.41, 5.74) is 1.68. The van der Waals surface area contributed by atoms with Gasteiger partial charge in [0, 0.05) is 5.39 Å². The highest BCUT2D eigenvalue weighted by Gasteiger charge is 2.30. The van der Waals surface area contributed by atoms with Crippen LogP contribution in [-0.2, 0) is 12.8 Å². The van der Waals surface area contributed by atoms with Crippen molar-refractivity contribution in [3.05, 3.63) is 47.0 Å². The van der Waals surface area contributed by atoms with E-state index in [-0.39, 0.29) is 0 Å². The summed E-state index contributed by atoms with van der Waals surface area (Å²) in [5.74, 6) is 2.46. The molecule has 2 aliphatic carbocycles. The lowest BCUT2D eigenvalue weighted by Gasteiger charge is -2.38. The van der Waals surface area contributed by atoms with Crippen molar-refractivity contribution < 1.29 is 8.78 Å². The van der Waals surface area contributed by atoms with Crippen LogP contribution in [0.4, 0.5) is 8.78 Å². The first-order valence-electron chi connectivity index (χ1n) is 14.5. The van der Waals surface area contributed by atoms with Crippen LogP contribution in [-0.4, -0.2) is 0 Å². The Bertz CT molecular complexity index is 901. The van der Waals surface area contributed by atoms with E-state index in [4.69, 9.17) is 0 Å². The largest absolute Gasteiger partial charge is 0.203 e. The summed E-state index contributed by atoms with van der Waals surface area (Å²) in [6, 6.07) is 7.91. The zero-order valence-corrected chi connectivity index (χ0v) is 21.7. The highest BCUT2D eigenvalue weighted by Crippen LogP contribution is 2.43. The molecule has 2 aromatic carbocycles. The molecular weight excluding hydrogens is 422 g/mol. The Kier molecular flexibility index (Phi) is 9.43. The molecular formula is C32H46F2. The first kappa shape index (κ1) is 25.6. The summed E-state index contributed by atoms with van der Waals surface area (Å²) in [4.78, 5) is 0. The first-order valence-corrected chi connectivity index (χ1v) is 14.5. The monoisotopic (exact) mass is 468 g/mol. The lowest BCUT2D eigenvalue weighted by atomic mass is 9.68. The summed E-state index contributed by atoms with van der Waals surface area (Å²) in [7, 11) is 0. The highest BCUT2D eigenvalue weighted by atomic mass is 19.2. The van der Waals surface area contributed by atoms with Crippen LogP contribution in [0.2, 0.25) is 0 Å². The third-order valence-electron chi connectivity index (χ3n) is 9.20. The summed E-state index contributed by atoms with van der Waals surface area (Å²) in [5, 5.41) is 1.29. The van der Waals surface area contributed by atoms with Gasteiger partial charge in [0.15, 0.2) is 11.6 Å². The average Bonchev–Trinajstić information content (AvgIpc) is 2.87. The van der Waals surface area contributed by atoms with E-state index in [1.165, 1.54) is 70.6 Å². The van der Waals surface area contributed by atoms with E-state index >= 15 is 0 Å². The Morgan fingerprint density at radius 1 is 0.676 bits per heavy atom. The third-order valence-corrected chi connectivity index (χ3v) is 9.20. The van der Waals surface area contributed by atoms with E-state index in [1.54, 1.807) is 0 Å². The minimum Gasteiger partial charge on any atom is -0.203 e. The predicted octanol–water partition coefficient (Wildman–Crippen LogP) is 10.2. The van der Waals surface area contributed by atoms with Crippen molar-refractivity contribution in [1.29, 1.82) is 0 Å². The molecule has 2 saturated carbocycles. The van der Waals surface area contributed by atoms with Gasteiger partial charge in [0.2, 0.25) is 0 Å². The van der Waals surface area contributed by atoms with Crippen LogP contribution in [0.5, 0.6) is 0 Å². The number of benzene rings is 2. The normalized spacial score (nSPS) is 25.6. The molecule has 2 fully saturated rings.